The van der Waals surface area contributed by atoms with Gasteiger partial charge in [0.1, 0.15) is 73.2 Å². The van der Waals surface area contributed by atoms with Crippen LogP contribution in [0.5, 0.6) is 0 Å². The summed E-state index contributed by atoms with van der Waals surface area (Å²) in [4.78, 5) is 13.5. The minimum atomic E-state index is -1.98. The number of amides is 1. The number of ether oxygens (including phenoxy) is 6. The topological polar surface area (TPSA) is 307 Å². The molecular weight excluding hydrogens is 1360 g/mol. The first-order chi connectivity index (χ1) is 52.3. The van der Waals surface area contributed by atoms with Gasteiger partial charge in [-0.15, -0.1) is 0 Å². The first kappa shape index (κ1) is 99.2. The van der Waals surface area contributed by atoms with Crippen molar-refractivity contribution in [1.29, 1.82) is 0 Å². The lowest BCUT2D eigenvalue weighted by Gasteiger charge is -2.48. The van der Waals surface area contributed by atoms with Crippen molar-refractivity contribution in [1.82, 2.24) is 5.32 Å². The summed E-state index contributed by atoms with van der Waals surface area (Å²) in [6.07, 6.45) is 60.2. The molecule has 19 nitrogen and oxygen atoms in total. The number of aliphatic hydroxyl groups excluding tert-OH is 11. The number of hydrogen-bond acceptors (Lipinski definition) is 18. The third-order valence-electron chi connectivity index (χ3n) is 22.4. The van der Waals surface area contributed by atoms with E-state index < -0.39 is 124 Å². The minimum absolute atomic E-state index is 0.240. The zero-order valence-corrected chi connectivity index (χ0v) is 67.9. The van der Waals surface area contributed by atoms with Gasteiger partial charge in [-0.25, -0.2) is 0 Å². The van der Waals surface area contributed by atoms with Gasteiger partial charge in [0.15, 0.2) is 18.9 Å². The summed E-state index contributed by atoms with van der Waals surface area (Å²) in [5.41, 5.74) is 0. The van der Waals surface area contributed by atoms with Crippen LogP contribution in [0.2, 0.25) is 0 Å². The van der Waals surface area contributed by atoms with Crippen LogP contribution in [0.25, 0.3) is 0 Å². The van der Waals surface area contributed by atoms with Crippen molar-refractivity contribution >= 4 is 5.91 Å². The molecule has 3 fully saturated rings. The Balaban J connectivity index is 1.32. The van der Waals surface area contributed by atoms with Crippen molar-refractivity contribution in [2.75, 3.05) is 26.4 Å². The molecule has 0 spiro atoms. The Kier molecular flexibility index (Phi) is 63.4. The molecule has 630 valence electrons. The van der Waals surface area contributed by atoms with Crippen LogP contribution in [0.15, 0.2) is 36.5 Å². The highest BCUT2D eigenvalue weighted by atomic mass is 16.8. The Morgan fingerprint density at radius 1 is 0.327 bits per heavy atom. The second-order valence-electron chi connectivity index (χ2n) is 32.1. The molecule has 107 heavy (non-hydrogen) atoms. The molecule has 3 aliphatic rings. The summed E-state index contributed by atoms with van der Waals surface area (Å²) in [5, 5.41) is 121. The Morgan fingerprint density at radius 3 is 0.935 bits per heavy atom. The summed E-state index contributed by atoms with van der Waals surface area (Å²) in [5.74, 6) is -0.277. The van der Waals surface area contributed by atoms with E-state index in [0.29, 0.717) is 12.8 Å². The van der Waals surface area contributed by atoms with Crippen LogP contribution < -0.4 is 5.32 Å². The maximum Gasteiger partial charge on any atom is 0.220 e. The molecule has 17 atom stereocenters. The van der Waals surface area contributed by atoms with Gasteiger partial charge in [0, 0.05) is 6.42 Å². The molecule has 3 rings (SSSR count). The van der Waals surface area contributed by atoms with E-state index in [1.165, 1.54) is 315 Å². The summed E-state index contributed by atoms with van der Waals surface area (Å²) in [7, 11) is 0. The van der Waals surface area contributed by atoms with Crippen LogP contribution in [0.1, 0.15) is 386 Å². The first-order valence-electron chi connectivity index (χ1n) is 44.7. The van der Waals surface area contributed by atoms with Crippen LogP contribution in [0.4, 0.5) is 0 Å². The molecule has 12 N–H and O–H groups in total. The van der Waals surface area contributed by atoms with E-state index in [-0.39, 0.29) is 18.9 Å². The van der Waals surface area contributed by atoms with Crippen molar-refractivity contribution in [3.05, 3.63) is 36.5 Å². The number of rotatable bonds is 73. The van der Waals surface area contributed by atoms with Crippen LogP contribution in [-0.2, 0) is 33.2 Å². The van der Waals surface area contributed by atoms with Gasteiger partial charge < -0.3 is 89.9 Å². The largest absolute Gasteiger partial charge is 0.394 e. The normalized spacial score (nSPS) is 25.6. The third kappa shape index (κ3) is 47.5. The van der Waals surface area contributed by atoms with Gasteiger partial charge in [0.2, 0.25) is 5.91 Å². The molecule has 0 saturated carbocycles. The second-order valence-corrected chi connectivity index (χ2v) is 32.1. The summed E-state index contributed by atoms with van der Waals surface area (Å²) >= 11 is 0. The van der Waals surface area contributed by atoms with Gasteiger partial charge >= 0.3 is 0 Å². The van der Waals surface area contributed by atoms with Crippen molar-refractivity contribution in [2.45, 2.75) is 491 Å². The molecular formula is C88H165NO18. The molecule has 0 aliphatic carbocycles. The van der Waals surface area contributed by atoms with E-state index in [1.54, 1.807) is 6.08 Å². The highest BCUT2D eigenvalue weighted by Crippen LogP contribution is 2.34. The van der Waals surface area contributed by atoms with Gasteiger partial charge in [0.25, 0.3) is 0 Å². The van der Waals surface area contributed by atoms with Crippen molar-refractivity contribution < 1.29 is 89.4 Å². The summed E-state index contributed by atoms with van der Waals surface area (Å²) < 4.78 is 34.5. The molecule has 0 aromatic carbocycles. The molecule has 0 aromatic rings. The quantitative estimate of drug-likeness (QED) is 0.0199. The van der Waals surface area contributed by atoms with E-state index in [9.17, 15) is 61.0 Å². The lowest BCUT2D eigenvalue weighted by atomic mass is 9.96. The molecule has 3 saturated heterocycles. The molecule has 17 unspecified atom stereocenters. The number of aliphatic hydroxyl groups is 11. The first-order valence-corrected chi connectivity index (χ1v) is 44.7. The zero-order valence-electron chi connectivity index (χ0n) is 67.9. The highest BCUT2D eigenvalue weighted by Gasteiger charge is 2.54. The van der Waals surface area contributed by atoms with Crippen LogP contribution in [0.3, 0.4) is 0 Å². The fourth-order valence-corrected chi connectivity index (χ4v) is 15.3. The van der Waals surface area contributed by atoms with E-state index in [0.717, 1.165) is 38.5 Å². The summed E-state index contributed by atoms with van der Waals surface area (Å²) in [6.45, 7) is 1.78. The number of carbonyl (C=O) groups is 1. The maximum absolute atomic E-state index is 13.5. The lowest BCUT2D eigenvalue weighted by molar-refractivity contribution is -0.379. The third-order valence-corrected chi connectivity index (χ3v) is 22.4. The van der Waals surface area contributed by atoms with Gasteiger partial charge in [-0.1, -0.05) is 359 Å². The number of unbranched alkanes of at least 4 members (excludes halogenated alkanes) is 53. The molecule has 3 aliphatic heterocycles. The Morgan fingerprint density at radius 2 is 0.598 bits per heavy atom. The molecule has 0 bridgehead atoms. The Labute approximate surface area is 651 Å². The summed E-state index contributed by atoms with van der Waals surface area (Å²) in [6, 6.07) is -0.990. The molecule has 3 heterocycles. The average molecular weight is 1530 g/mol. The van der Waals surface area contributed by atoms with Crippen molar-refractivity contribution in [2.24, 2.45) is 0 Å². The fourth-order valence-electron chi connectivity index (χ4n) is 15.3. The van der Waals surface area contributed by atoms with Gasteiger partial charge in [-0.2, -0.15) is 0 Å². The van der Waals surface area contributed by atoms with Gasteiger partial charge in [-0.05, 0) is 57.8 Å². The Hall–Kier alpha value is -1.99. The lowest BCUT2D eigenvalue weighted by Crippen LogP contribution is -2.66. The zero-order chi connectivity index (χ0) is 77.4. The standard InChI is InChI=1S/C88H165NO18/c1-3-5-7-9-11-13-15-17-19-21-23-25-27-29-30-31-32-33-34-35-36-37-38-39-40-42-44-46-48-50-52-54-56-58-60-62-64-66-76(94)89-71(72(93)65-63-61-59-57-55-53-51-49-47-45-43-41-28-26-24-22-20-18-16-14-12-10-8-6-4-2)70-102-86-82(100)79(97)84(74(68-91)104-86)107-88-83(101)80(98)85(75(69-92)105-88)106-87-81(99)78(96)77(95)73(67-90)103-87/h21,23,55,57,63,65,71-75,77-88,90-93,95-101H,3-20,22,24-54,56,58-62,64,66-70H2,1-2H3,(H,89,94)/b23-21-,57-55+,65-63+. The number of hydrogen-bond donors (Lipinski definition) is 12. The van der Waals surface area contributed by atoms with Gasteiger partial charge in [-0.3, -0.25) is 4.79 Å². The van der Waals surface area contributed by atoms with Gasteiger partial charge in [0.05, 0.1) is 38.6 Å². The molecule has 1 amide bonds. The number of allylic oxidation sites excluding steroid dienone is 5. The molecule has 19 heteroatoms. The predicted molar refractivity (Wildman–Crippen MR) is 429 cm³/mol. The monoisotopic (exact) mass is 1520 g/mol. The Bertz CT molecular complexity index is 2070. The van der Waals surface area contributed by atoms with E-state index in [4.69, 9.17) is 28.4 Å². The SMILES string of the molecule is CCCCCCCCCC/C=C\CCCCCCCCCCCCCCCCCCCCCCCCCCCC(=O)NC(COC1OC(CO)C(OC2OC(CO)C(OC3OC(CO)C(O)C(O)C3O)C(O)C2O)C(O)C1O)C(O)/C=C/CC/C=C/CCCCCCCCCCCCCCCCCCCCC. The highest BCUT2D eigenvalue weighted by molar-refractivity contribution is 5.76. The maximum atomic E-state index is 13.5. The predicted octanol–water partition coefficient (Wildman–Crippen LogP) is 16.6. The number of nitrogens with one attached hydrogen (secondary N) is 1. The molecule has 0 radical (unpaired) electrons. The van der Waals surface area contributed by atoms with Crippen LogP contribution in [0, 0.1) is 0 Å². The second kappa shape index (κ2) is 68.4. The molecule has 0 aromatic heterocycles. The average Bonchev–Trinajstić information content (AvgIpc) is 0.781. The number of carbonyl (C=O) groups excluding carboxylic acids is 1. The minimum Gasteiger partial charge on any atom is -0.394 e. The van der Waals surface area contributed by atoms with Crippen molar-refractivity contribution in [3.63, 3.8) is 0 Å². The van der Waals surface area contributed by atoms with Crippen LogP contribution in [-0.4, -0.2) is 193 Å². The van der Waals surface area contributed by atoms with E-state index >= 15 is 0 Å². The van der Waals surface area contributed by atoms with E-state index in [2.05, 4.69) is 43.5 Å². The smallest absolute Gasteiger partial charge is 0.220 e. The van der Waals surface area contributed by atoms with Crippen molar-refractivity contribution in [3.8, 4) is 0 Å². The fraction of sp³-hybridized carbons (Fsp3) is 0.920. The van der Waals surface area contributed by atoms with E-state index in [1.807, 2.05) is 6.08 Å². The van der Waals surface area contributed by atoms with Crippen LogP contribution >= 0.6 is 0 Å².